The first-order valence-corrected chi connectivity index (χ1v) is 8.98. The van der Waals surface area contributed by atoms with Gasteiger partial charge in [-0.3, -0.25) is 9.59 Å². The molecule has 3 rings (SSSR count). The average Bonchev–Trinajstić information content (AvgIpc) is 3.32. The second-order valence-electron chi connectivity index (χ2n) is 6.99. The number of benzene rings is 1. The summed E-state index contributed by atoms with van der Waals surface area (Å²) >= 11 is 12.0. The summed E-state index contributed by atoms with van der Waals surface area (Å²) in [7, 11) is 0. The Balaban J connectivity index is 1.65. The van der Waals surface area contributed by atoms with Crippen LogP contribution >= 0.6 is 23.2 Å². The number of amides is 1. The van der Waals surface area contributed by atoms with Crippen molar-refractivity contribution < 1.29 is 9.59 Å². The van der Waals surface area contributed by atoms with Gasteiger partial charge in [-0.05, 0) is 48.8 Å². The zero-order valence-electron chi connectivity index (χ0n) is 13.0. The molecule has 1 amide bonds. The van der Waals surface area contributed by atoms with Gasteiger partial charge in [-0.1, -0.05) is 36.0 Å². The van der Waals surface area contributed by atoms with E-state index in [4.69, 9.17) is 23.2 Å². The number of hydrogen-bond acceptors (Lipinski definition) is 2. The molecule has 0 bridgehead atoms. The Kier molecular flexibility index (Phi) is 4.98. The van der Waals surface area contributed by atoms with Crippen LogP contribution in [0.1, 0.15) is 55.3 Å². The largest absolute Gasteiger partial charge is 0.351 e. The third-order valence-corrected chi connectivity index (χ3v) is 5.63. The monoisotopic (exact) mass is 353 g/mol. The van der Waals surface area contributed by atoms with Crippen LogP contribution in [0.5, 0.6) is 0 Å². The number of ketones is 1. The maximum atomic E-state index is 12.4. The second-order valence-corrected chi connectivity index (χ2v) is 7.84. The lowest BCUT2D eigenvalue weighted by molar-refractivity contribution is -0.122. The zero-order chi connectivity index (χ0) is 16.4. The summed E-state index contributed by atoms with van der Waals surface area (Å²) in [4.78, 5) is 24.0. The van der Waals surface area contributed by atoms with E-state index >= 15 is 0 Å². The molecule has 0 spiro atoms. The molecule has 5 heteroatoms. The Morgan fingerprint density at radius 2 is 1.91 bits per heavy atom. The Bertz CT molecular complexity index is 615. The minimum Gasteiger partial charge on any atom is -0.351 e. The van der Waals surface area contributed by atoms with Crippen LogP contribution in [0.2, 0.25) is 10.0 Å². The molecule has 0 heterocycles. The van der Waals surface area contributed by atoms with Crippen molar-refractivity contribution in [2.45, 2.75) is 44.9 Å². The molecule has 0 unspecified atom stereocenters. The summed E-state index contributed by atoms with van der Waals surface area (Å²) in [6.07, 6.45) is 6.75. The van der Waals surface area contributed by atoms with Gasteiger partial charge in [0.1, 0.15) is 5.78 Å². The van der Waals surface area contributed by atoms with Crippen molar-refractivity contribution in [2.75, 3.05) is 6.54 Å². The average molecular weight is 354 g/mol. The van der Waals surface area contributed by atoms with E-state index in [1.54, 1.807) is 18.2 Å². The topological polar surface area (TPSA) is 46.2 Å². The van der Waals surface area contributed by atoms with Gasteiger partial charge in [-0.2, -0.15) is 0 Å². The first-order chi connectivity index (χ1) is 11.0. The summed E-state index contributed by atoms with van der Waals surface area (Å²) in [5.74, 6) is 0.960. The SMILES string of the molecule is O=C1CCC(CNC(=O)c2ccc(Cl)cc2Cl)(CC2CC2)CC1. The van der Waals surface area contributed by atoms with E-state index in [-0.39, 0.29) is 11.3 Å². The molecule has 124 valence electrons. The molecule has 2 aliphatic rings. The number of nitrogens with one attached hydrogen (secondary N) is 1. The number of carbonyl (C=O) groups excluding carboxylic acids is 2. The minimum atomic E-state index is -0.168. The number of hydrogen-bond donors (Lipinski definition) is 1. The highest BCUT2D eigenvalue weighted by Crippen LogP contribution is 2.46. The summed E-state index contributed by atoms with van der Waals surface area (Å²) < 4.78 is 0. The molecule has 23 heavy (non-hydrogen) atoms. The highest BCUT2D eigenvalue weighted by atomic mass is 35.5. The predicted octanol–water partition coefficient (Wildman–Crippen LogP) is 4.65. The Morgan fingerprint density at radius 3 is 2.52 bits per heavy atom. The summed E-state index contributed by atoms with van der Waals surface area (Å²) in [6, 6.07) is 4.90. The van der Waals surface area contributed by atoms with Crippen molar-refractivity contribution in [3.63, 3.8) is 0 Å². The predicted molar refractivity (Wildman–Crippen MR) is 92.0 cm³/mol. The third-order valence-electron chi connectivity index (χ3n) is 5.09. The molecule has 3 nitrogen and oxygen atoms in total. The maximum Gasteiger partial charge on any atom is 0.252 e. The molecule has 1 aromatic carbocycles. The van der Waals surface area contributed by atoms with Crippen molar-refractivity contribution >= 4 is 34.9 Å². The van der Waals surface area contributed by atoms with Crippen LogP contribution in [0.4, 0.5) is 0 Å². The van der Waals surface area contributed by atoms with Crippen molar-refractivity contribution in [1.29, 1.82) is 0 Å². The fourth-order valence-electron chi connectivity index (χ4n) is 3.48. The number of halogens is 2. The summed E-state index contributed by atoms with van der Waals surface area (Å²) in [5.41, 5.74) is 0.522. The van der Waals surface area contributed by atoms with Gasteiger partial charge in [-0.15, -0.1) is 0 Å². The quantitative estimate of drug-likeness (QED) is 0.836. The van der Waals surface area contributed by atoms with Crippen LogP contribution in [-0.2, 0) is 4.79 Å². The van der Waals surface area contributed by atoms with E-state index in [0.717, 1.165) is 25.2 Å². The lowest BCUT2D eigenvalue weighted by atomic mass is 9.70. The van der Waals surface area contributed by atoms with Crippen molar-refractivity contribution in [3.05, 3.63) is 33.8 Å². The maximum absolute atomic E-state index is 12.4. The Hall–Kier alpha value is -1.06. The van der Waals surface area contributed by atoms with Gasteiger partial charge in [0.15, 0.2) is 0 Å². The van der Waals surface area contributed by atoms with Gasteiger partial charge in [-0.25, -0.2) is 0 Å². The van der Waals surface area contributed by atoms with E-state index in [1.807, 2.05) is 0 Å². The fraction of sp³-hybridized carbons (Fsp3) is 0.556. The van der Waals surface area contributed by atoms with Crippen LogP contribution in [0.25, 0.3) is 0 Å². The molecule has 0 atom stereocenters. The normalized spacial score (nSPS) is 20.3. The zero-order valence-corrected chi connectivity index (χ0v) is 14.6. The van der Waals surface area contributed by atoms with Gasteiger partial charge < -0.3 is 5.32 Å². The van der Waals surface area contributed by atoms with E-state index < -0.39 is 0 Å². The van der Waals surface area contributed by atoms with Crippen molar-refractivity contribution in [1.82, 2.24) is 5.32 Å². The van der Waals surface area contributed by atoms with Gasteiger partial charge in [0.05, 0.1) is 10.6 Å². The van der Waals surface area contributed by atoms with Gasteiger partial charge in [0.2, 0.25) is 0 Å². The number of carbonyl (C=O) groups is 2. The van der Waals surface area contributed by atoms with Gasteiger partial charge in [0, 0.05) is 24.4 Å². The molecule has 2 saturated carbocycles. The smallest absolute Gasteiger partial charge is 0.252 e. The second kappa shape index (κ2) is 6.82. The van der Waals surface area contributed by atoms with E-state index in [2.05, 4.69) is 5.32 Å². The van der Waals surface area contributed by atoms with Crippen LogP contribution in [0, 0.1) is 11.3 Å². The van der Waals surface area contributed by atoms with Crippen LogP contribution in [0.15, 0.2) is 18.2 Å². The minimum absolute atomic E-state index is 0.0731. The molecule has 1 N–H and O–H groups in total. The van der Waals surface area contributed by atoms with Crippen LogP contribution in [0.3, 0.4) is 0 Å². The van der Waals surface area contributed by atoms with Crippen LogP contribution in [-0.4, -0.2) is 18.2 Å². The van der Waals surface area contributed by atoms with E-state index in [1.165, 1.54) is 12.8 Å². The van der Waals surface area contributed by atoms with Crippen LogP contribution < -0.4 is 5.32 Å². The molecule has 1 aromatic rings. The Labute approximate surface area is 146 Å². The number of rotatable bonds is 5. The van der Waals surface area contributed by atoms with Crippen molar-refractivity contribution in [2.24, 2.45) is 11.3 Å². The molecule has 0 radical (unpaired) electrons. The number of Topliss-reactive ketones (excluding diaryl/α,β-unsaturated/α-hetero) is 1. The summed E-state index contributed by atoms with van der Waals surface area (Å²) in [5, 5.41) is 3.92. The molecule has 0 saturated heterocycles. The fourth-order valence-corrected chi connectivity index (χ4v) is 3.98. The van der Waals surface area contributed by atoms with E-state index in [0.29, 0.717) is 40.8 Å². The third kappa shape index (κ3) is 4.27. The Morgan fingerprint density at radius 1 is 1.22 bits per heavy atom. The lowest BCUT2D eigenvalue weighted by Crippen LogP contribution is -2.40. The highest BCUT2D eigenvalue weighted by Gasteiger charge is 2.39. The summed E-state index contributed by atoms with van der Waals surface area (Å²) in [6.45, 7) is 0.620. The first-order valence-electron chi connectivity index (χ1n) is 8.22. The van der Waals surface area contributed by atoms with Gasteiger partial charge in [0.25, 0.3) is 5.91 Å². The lowest BCUT2D eigenvalue weighted by Gasteiger charge is -2.37. The van der Waals surface area contributed by atoms with Gasteiger partial charge >= 0.3 is 0 Å². The molecule has 2 fully saturated rings. The first kappa shape index (κ1) is 16.8. The molecule has 0 aromatic heterocycles. The highest BCUT2D eigenvalue weighted by molar-refractivity contribution is 6.36. The van der Waals surface area contributed by atoms with Crippen molar-refractivity contribution in [3.8, 4) is 0 Å². The molecular weight excluding hydrogens is 333 g/mol. The standard InChI is InChI=1S/C18H21Cl2NO2/c19-13-3-4-15(16(20)9-13)17(23)21-11-18(10-12-1-2-12)7-5-14(22)6-8-18/h3-4,9,12H,1-2,5-8,10-11H2,(H,21,23). The molecular formula is C18H21Cl2NO2. The van der Waals surface area contributed by atoms with E-state index in [9.17, 15) is 9.59 Å². The molecule has 0 aliphatic heterocycles. The molecule has 2 aliphatic carbocycles.